The van der Waals surface area contributed by atoms with Gasteiger partial charge in [-0.1, -0.05) is 78.4 Å². The first-order valence-corrected chi connectivity index (χ1v) is 9.08. The zero-order chi connectivity index (χ0) is 18.8. The molecule has 2 nitrogen and oxygen atoms in total. The minimum atomic E-state index is -0.109. The van der Waals surface area contributed by atoms with Crippen molar-refractivity contribution < 1.29 is 4.79 Å². The second-order valence-electron chi connectivity index (χ2n) is 6.73. The number of carbonyl (C=O) groups excluding carboxylic acids is 1. The number of aryl methyl sites for hydroxylation is 1. The Kier molecular flexibility index (Phi) is 4.47. The van der Waals surface area contributed by atoms with Crippen molar-refractivity contribution in [2.75, 3.05) is 7.05 Å². The number of amides is 1. The van der Waals surface area contributed by atoms with Crippen molar-refractivity contribution in [1.29, 1.82) is 0 Å². The van der Waals surface area contributed by atoms with Crippen LogP contribution in [0, 0.1) is 6.92 Å². The van der Waals surface area contributed by atoms with E-state index in [1.165, 1.54) is 21.7 Å². The average molecular weight is 351 g/mol. The quantitative estimate of drug-likeness (QED) is 0.384. The molecule has 0 aliphatic rings. The first kappa shape index (κ1) is 17.0. The van der Waals surface area contributed by atoms with Crippen LogP contribution >= 0.6 is 0 Å². The molecule has 1 amide bonds. The molecule has 2 heteroatoms. The Hall–Kier alpha value is -3.39. The Bertz CT molecular complexity index is 1170. The molecule has 0 radical (unpaired) electrons. The van der Waals surface area contributed by atoms with Gasteiger partial charge < -0.3 is 5.32 Å². The van der Waals surface area contributed by atoms with Crippen molar-refractivity contribution in [1.82, 2.24) is 5.32 Å². The first-order chi connectivity index (χ1) is 13.2. The zero-order valence-electron chi connectivity index (χ0n) is 15.5. The van der Waals surface area contributed by atoms with E-state index in [1.54, 1.807) is 13.1 Å². The summed E-state index contributed by atoms with van der Waals surface area (Å²) in [6.45, 7) is 2.07. The molecular formula is C25H21NO. The summed E-state index contributed by atoms with van der Waals surface area (Å²) >= 11 is 0. The Morgan fingerprint density at radius 2 is 1.44 bits per heavy atom. The first-order valence-electron chi connectivity index (χ1n) is 9.08. The van der Waals surface area contributed by atoms with Crippen LogP contribution in [0.3, 0.4) is 0 Å². The van der Waals surface area contributed by atoms with Crippen LogP contribution in [0.15, 0.2) is 84.9 Å². The third-order valence-electron chi connectivity index (χ3n) is 4.94. The molecule has 0 aromatic heterocycles. The molecule has 0 fully saturated rings. The van der Waals surface area contributed by atoms with E-state index < -0.39 is 0 Å². The van der Waals surface area contributed by atoms with Gasteiger partial charge in [-0.15, -0.1) is 0 Å². The average Bonchev–Trinajstić information content (AvgIpc) is 2.72. The molecule has 132 valence electrons. The highest BCUT2D eigenvalue weighted by Crippen LogP contribution is 2.35. The van der Waals surface area contributed by atoms with E-state index in [2.05, 4.69) is 85.0 Å². The van der Waals surface area contributed by atoms with Gasteiger partial charge in [0.2, 0.25) is 5.91 Å². The molecular weight excluding hydrogens is 330 g/mol. The number of likely N-dealkylation sites (N-methyl/N-ethyl adjacent to an activating group) is 1. The van der Waals surface area contributed by atoms with Crippen molar-refractivity contribution in [2.45, 2.75) is 6.92 Å². The predicted molar refractivity (Wildman–Crippen MR) is 114 cm³/mol. The molecule has 4 aromatic carbocycles. The van der Waals surface area contributed by atoms with Gasteiger partial charge in [0.1, 0.15) is 0 Å². The smallest absolute Gasteiger partial charge is 0.244 e. The number of hydrogen-bond donors (Lipinski definition) is 1. The molecule has 0 saturated carbocycles. The van der Waals surface area contributed by atoms with Gasteiger partial charge >= 0.3 is 0 Å². The van der Waals surface area contributed by atoms with Crippen LogP contribution in [-0.2, 0) is 4.79 Å². The van der Waals surface area contributed by atoms with Crippen LogP contribution in [0.5, 0.6) is 0 Å². The third kappa shape index (κ3) is 3.22. The summed E-state index contributed by atoms with van der Waals surface area (Å²) in [6, 6.07) is 27.3. The second kappa shape index (κ2) is 7.08. The SMILES string of the molecule is CNC(=O)/C=C(\c1ccc(C)cc1)c1cc2ccccc2c2ccccc12. The lowest BCUT2D eigenvalue weighted by Gasteiger charge is -2.15. The lowest BCUT2D eigenvalue weighted by molar-refractivity contribution is -0.116. The minimum Gasteiger partial charge on any atom is -0.356 e. The fourth-order valence-electron chi connectivity index (χ4n) is 3.53. The monoisotopic (exact) mass is 351 g/mol. The van der Waals surface area contributed by atoms with Gasteiger partial charge in [-0.2, -0.15) is 0 Å². The number of hydrogen-bond acceptors (Lipinski definition) is 1. The Labute approximate surface area is 159 Å². The van der Waals surface area contributed by atoms with Crippen LogP contribution < -0.4 is 5.32 Å². The van der Waals surface area contributed by atoms with Gasteiger partial charge in [-0.25, -0.2) is 0 Å². The normalized spacial score (nSPS) is 11.7. The van der Waals surface area contributed by atoms with Gasteiger partial charge in [-0.3, -0.25) is 4.79 Å². The third-order valence-corrected chi connectivity index (χ3v) is 4.94. The van der Waals surface area contributed by atoms with E-state index in [9.17, 15) is 4.79 Å². The molecule has 0 aliphatic heterocycles. The highest BCUT2D eigenvalue weighted by atomic mass is 16.1. The molecule has 0 unspecified atom stereocenters. The Morgan fingerprint density at radius 3 is 2.15 bits per heavy atom. The van der Waals surface area contributed by atoms with Crippen LogP contribution in [0.2, 0.25) is 0 Å². The second-order valence-corrected chi connectivity index (χ2v) is 6.73. The molecule has 0 atom stereocenters. The van der Waals surface area contributed by atoms with E-state index in [-0.39, 0.29) is 5.91 Å². The van der Waals surface area contributed by atoms with E-state index in [0.717, 1.165) is 22.1 Å². The standard InChI is InChI=1S/C25H21NO/c1-17-11-13-18(14-12-17)23(16-25(27)26-2)24-15-19-7-3-4-8-20(19)21-9-5-6-10-22(21)24/h3-16H,1-2H3,(H,26,27)/b23-16+. The summed E-state index contributed by atoms with van der Waals surface area (Å²) < 4.78 is 0. The molecule has 27 heavy (non-hydrogen) atoms. The molecule has 1 N–H and O–H groups in total. The predicted octanol–water partition coefficient (Wildman–Crippen LogP) is 5.48. The molecule has 0 saturated heterocycles. The van der Waals surface area contributed by atoms with E-state index in [4.69, 9.17) is 0 Å². The molecule has 0 heterocycles. The highest BCUT2D eigenvalue weighted by molar-refractivity contribution is 6.14. The van der Waals surface area contributed by atoms with Gasteiger partial charge in [0.05, 0.1) is 0 Å². The number of fused-ring (bicyclic) bond motifs is 3. The zero-order valence-corrected chi connectivity index (χ0v) is 15.5. The number of benzene rings is 4. The highest BCUT2D eigenvalue weighted by Gasteiger charge is 2.13. The van der Waals surface area contributed by atoms with Crippen molar-refractivity contribution in [2.24, 2.45) is 0 Å². The maximum absolute atomic E-state index is 12.2. The fourth-order valence-corrected chi connectivity index (χ4v) is 3.53. The molecule has 4 aromatic rings. The topological polar surface area (TPSA) is 29.1 Å². The van der Waals surface area contributed by atoms with Crippen molar-refractivity contribution in [3.05, 3.63) is 102 Å². The summed E-state index contributed by atoms with van der Waals surface area (Å²) in [5.74, 6) is -0.109. The summed E-state index contributed by atoms with van der Waals surface area (Å²) in [5.41, 5.74) is 4.22. The van der Waals surface area contributed by atoms with Crippen LogP contribution in [-0.4, -0.2) is 13.0 Å². The van der Waals surface area contributed by atoms with Crippen LogP contribution in [0.25, 0.3) is 27.1 Å². The van der Waals surface area contributed by atoms with Crippen molar-refractivity contribution in [3.63, 3.8) is 0 Å². The largest absolute Gasteiger partial charge is 0.356 e. The maximum atomic E-state index is 12.2. The van der Waals surface area contributed by atoms with Gasteiger partial charge in [0.15, 0.2) is 0 Å². The minimum absolute atomic E-state index is 0.109. The van der Waals surface area contributed by atoms with Gasteiger partial charge in [0.25, 0.3) is 0 Å². The molecule has 0 bridgehead atoms. The summed E-state index contributed by atoms with van der Waals surface area (Å²) in [4.78, 5) is 12.2. The number of carbonyl (C=O) groups is 1. The van der Waals surface area contributed by atoms with Crippen molar-refractivity contribution in [3.8, 4) is 0 Å². The lowest BCUT2D eigenvalue weighted by atomic mass is 9.89. The van der Waals surface area contributed by atoms with E-state index in [1.807, 2.05) is 6.07 Å². The summed E-state index contributed by atoms with van der Waals surface area (Å²) in [6.07, 6.45) is 1.70. The van der Waals surface area contributed by atoms with Gasteiger partial charge in [0, 0.05) is 13.1 Å². The van der Waals surface area contributed by atoms with Crippen LogP contribution in [0.4, 0.5) is 0 Å². The maximum Gasteiger partial charge on any atom is 0.244 e. The van der Waals surface area contributed by atoms with Gasteiger partial charge in [-0.05, 0) is 51.2 Å². The Balaban J connectivity index is 2.07. The number of nitrogens with one attached hydrogen (secondary N) is 1. The lowest BCUT2D eigenvalue weighted by Crippen LogP contribution is -2.15. The van der Waals surface area contributed by atoms with E-state index in [0.29, 0.717) is 0 Å². The number of rotatable bonds is 3. The van der Waals surface area contributed by atoms with E-state index >= 15 is 0 Å². The van der Waals surface area contributed by atoms with Crippen molar-refractivity contribution >= 4 is 33.0 Å². The molecule has 0 aliphatic carbocycles. The Morgan fingerprint density at radius 1 is 0.815 bits per heavy atom. The fraction of sp³-hybridized carbons (Fsp3) is 0.0800. The molecule has 0 spiro atoms. The summed E-state index contributed by atoms with van der Waals surface area (Å²) in [5, 5.41) is 7.45. The molecule has 4 rings (SSSR count). The van der Waals surface area contributed by atoms with Crippen LogP contribution in [0.1, 0.15) is 16.7 Å². The summed E-state index contributed by atoms with van der Waals surface area (Å²) in [7, 11) is 1.66.